The molecule has 5 nitrogen and oxygen atoms in total. The molecule has 1 aliphatic heterocycles. The molecule has 0 saturated carbocycles. The molecule has 3 heterocycles. The number of piperidine rings is 1. The molecule has 4 rings (SSSR count). The van der Waals surface area contributed by atoms with Crippen LogP contribution in [0.15, 0.2) is 53.9 Å². The van der Waals surface area contributed by atoms with E-state index in [1.54, 1.807) is 16.0 Å². The van der Waals surface area contributed by atoms with Gasteiger partial charge in [-0.2, -0.15) is 5.10 Å². The molecule has 1 saturated heterocycles. The summed E-state index contributed by atoms with van der Waals surface area (Å²) in [5.41, 5.74) is 2.29. The second kappa shape index (κ2) is 8.50. The minimum atomic E-state index is -0.0776. The molecule has 1 amide bonds. The van der Waals surface area contributed by atoms with Gasteiger partial charge in [-0.1, -0.05) is 30.7 Å². The van der Waals surface area contributed by atoms with Crippen LogP contribution >= 0.6 is 11.3 Å². The van der Waals surface area contributed by atoms with E-state index in [0.29, 0.717) is 12.2 Å². The number of hydrogen-bond donors (Lipinski definition) is 1. The van der Waals surface area contributed by atoms with Crippen LogP contribution in [0.3, 0.4) is 0 Å². The number of thiophene rings is 1. The molecule has 3 aromatic rings. The number of amides is 1. The van der Waals surface area contributed by atoms with Gasteiger partial charge in [0.1, 0.15) is 11.4 Å². The summed E-state index contributed by atoms with van der Waals surface area (Å²) in [5, 5.41) is 9.80. The van der Waals surface area contributed by atoms with Gasteiger partial charge >= 0.3 is 0 Å². The second-order valence-corrected chi connectivity index (χ2v) is 7.75. The first-order valence-corrected chi connectivity index (χ1v) is 10.4. The number of aromatic nitrogens is 2. The number of benzene rings is 1. The zero-order valence-corrected chi connectivity index (χ0v) is 16.1. The standard InChI is InChI=1S/C21H24N4OS/c26-21(22-11-14-24-12-5-2-6-13-24)19-16-18(20-10-7-15-27-20)23-25(19)17-8-3-1-4-9-17/h1,3-4,7-10,15-16H,2,5-6,11-14H2,(H,22,26). The molecule has 1 aliphatic rings. The van der Waals surface area contributed by atoms with Crippen molar-refractivity contribution < 1.29 is 4.79 Å². The SMILES string of the molecule is O=C(NCCN1CCCCC1)c1cc(-c2cccs2)nn1-c1ccccc1. The summed E-state index contributed by atoms with van der Waals surface area (Å²) in [7, 11) is 0. The average Bonchev–Trinajstić information content (AvgIpc) is 3.39. The molecule has 1 aromatic carbocycles. The monoisotopic (exact) mass is 380 g/mol. The van der Waals surface area contributed by atoms with E-state index < -0.39 is 0 Å². The minimum Gasteiger partial charge on any atom is -0.349 e. The van der Waals surface area contributed by atoms with E-state index in [0.717, 1.165) is 35.9 Å². The maximum atomic E-state index is 12.9. The van der Waals surface area contributed by atoms with Gasteiger partial charge in [0.25, 0.3) is 5.91 Å². The predicted octanol–water partition coefficient (Wildman–Crippen LogP) is 3.82. The number of hydrogen-bond acceptors (Lipinski definition) is 4. The van der Waals surface area contributed by atoms with Crippen LogP contribution < -0.4 is 5.32 Å². The lowest BCUT2D eigenvalue weighted by atomic mass is 10.1. The van der Waals surface area contributed by atoms with Gasteiger partial charge in [-0.25, -0.2) is 4.68 Å². The first kappa shape index (κ1) is 17.9. The molecule has 6 heteroatoms. The van der Waals surface area contributed by atoms with Crippen molar-refractivity contribution in [3.8, 4) is 16.3 Å². The fraction of sp³-hybridized carbons (Fsp3) is 0.333. The highest BCUT2D eigenvalue weighted by atomic mass is 32.1. The molecule has 27 heavy (non-hydrogen) atoms. The van der Waals surface area contributed by atoms with Crippen molar-refractivity contribution in [2.24, 2.45) is 0 Å². The molecular formula is C21H24N4OS. The quantitative estimate of drug-likeness (QED) is 0.707. The van der Waals surface area contributed by atoms with Gasteiger partial charge in [0.05, 0.1) is 10.6 Å². The Morgan fingerprint density at radius 2 is 1.89 bits per heavy atom. The van der Waals surface area contributed by atoms with Crippen molar-refractivity contribution in [1.29, 1.82) is 0 Å². The zero-order chi connectivity index (χ0) is 18.5. The Kier molecular flexibility index (Phi) is 5.65. The van der Waals surface area contributed by atoms with E-state index in [4.69, 9.17) is 5.10 Å². The van der Waals surface area contributed by atoms with E-state index in [1.807, 2.05) is 53.9 Å². The Morgan fingerprint density at radius 1 is 1.07 bits per heavy atom. The highest BCUT2D eigenvalue weighted by Crippen LogP contribution is 2.25. The Bertz CT molecular complexity index is 867. The van der Waals surface area contributed by atoms with Crippen LogP contribution in [0.2, 0.25) is 0 Å². The Morgan fingerprint density at radius 3 is 2.63 bits per heavy atom. The van der Waals surface area contributed by atoms with Gasteiger partial charge in [-0.3, -0.25) is 4.79 Å². The van der Waals surface area contributed by atoms with Gasteiger partial charge in [-0.05, 0) is 55.6 Å². The normalized spacial score (nSPS) is 15.0. The summed E-state index contributed by atoms with van der Waals surface area (Å²) in [6.07, 6.45) is 3.85. The molecular weight excluding hydrogens is 356 g/mol. The first-order chi connectivity index (χ1) is 13.3. The molecule has 0 spiro atoms. The van der Waals surface area contributed by atoms with Crippen molar-refractivity contribution in [2.75, 3.05) is 26.2 Å². The number of nitrogens with one attached hydrogen (secondary N) is 1. The molecule has 1 N–H and O–H groups in total. The van der Waals surface area contributed by atoms with Crippen LogP contribution in [-0.4, -0.2) is 46.8 Å². The molecule has 0 bridgehead atoms. The van der Waals surface area contributed by atoms with Crippen LogP contribution in [0.1, 0.15) is 29.8 Å². The molecule has 1 fully saturated rings. The Balaban J connectivity index is 1.52. The highest BCUT2D eigenvalue weighted by Gasteiger charge is 2.18. The summed E-state index contributed by atoms with van der Waals surface area (Å²) in [6, 6.07) is 15.7. The molecule has 0 unspecified atom stereocenters. The minimum absolute atomic E-state index is 0.0776. The summed E-state index contributed by atoms with van der Waals surface area (Å²) in [6.45, 7) is 3.84. The van der Waals surface area contributed by atoms with Crippen molar-refractivity contribution in [1.82, 2.24) is 20.0 Å². The topological polar surface area (TPSA) is 50.2 Å². The number of rotatable bonds is 6. The molecule has 0 atom stereocenters. The van der Waals surface area contributed by atoms with Crippen LogP contribution in [0.4, 0.5) is 0 Å². The van der Waals surface area contributed by atoms with Gasteiger partial charge in [0, 0.05) is 13.1 Å². The third-order valence-electron chi connectivity index (χ3n) is 4.88. The van der Waals surface area contributed by atoms with Crippen LogP contribution in [0, 0.1) is 0 Å². The van der Waals surface area contributed by atoms with E-state index in [-0.39, 0.29) is 5.91 Å². The lowest BCUT2D eigenvalue weighted by Crippen LogP contribution is -2.38. The largest absolute Gasteiger partial charge is 0.349 e. The van der Waals surface area contributed by atoms with Gasteiger partial charge in [-0.15, -0.1) is 11.3 Å². The van der Waals surface area contributed by atoms with E-state index in [1.165, 1.54) is 19.3 Å². The van der Waals surface area contributed by atoms with Crippen molar-refractivity contribution in [2.45, 2.75) is 19.3 Å². The van der Waals surface area contributed by atoms with Crippen LogP contribution in [0.5, 0.6) is 0 Å². The van der Waals surface area contributed by atoms with Crippen molar-refractivity contribution in [3.05, 3.63) is 59.6 Å². The summed E-state index contributed by atoms with van der Waals surface area (Å²) in [5.74, 6) is -0.0776. The number of carbonyl (C=O) groups is 1. The number of para-hydroxylation sites is 1. The number of nitrogens with zero attached hydrogens (tertiary/aromatic N) is 3. The first-order valence-electron chi connectivity index (χ1n) is 9.51. The zero-order valence-electron chi connectivity index (χ0n) is 15.3. The molecule has 140 valence electrons. The second-order valence-electron chi connectivity index (χ2n) is 6.80. The van der Waals surface area contributed by atoms with E-state index >= 15 is 0 Å². The maximum absolute atomic E-state index is 12.9. The maximum Gasteiger partial charge on any atom is 0.270 e. The molecule has 0 aliphatic carbocycles. The van der Waals surface area contributed by atoms with Crippen molar-refractivity contribution >= 4 is 17.2 Å². The third kappa shape index (κ3) is 4.28. The fourth-order valence-electron chi connectivity index (χ4n) is 3.45. The summed E-state index contributed by atoms with van der Waals surface area (Å²) < 4.78 is 1.74. The molecule has 0 radical (unpaired) electrons. The third-order valence-corrected chi connectivity index (χ3v) is 5.77. The summed E-state index contributed by atoms with van der Waals surface area (Å²) >= 11 is 1.63. The smallest absolute Gasteiger partial charge is 0.270 e. The Hall–Kier alpha value is -2.44. The summed E-state index contributed by atoms with van der Waals surface area (Å²) in [4.78, 5) is 16.4. The van der Waals surface area contributed by atoms with Crippen molar-refractivity contribution in [3.63, 3.8) is 0 Å². The van der Waals surface area contributed by atoms with Crippen LogP contribution in [0.25, 0.3) is 16.3 Å². The number of likely N-dealkylation sites (tertiary alicyclic amines) is 1. The number of carbonyl (C=O) groups excluding carboxylic acids is 1. The van der Waals surface area contributed by atoms with Gasteiger partial charge in [0.2, 0.25) is 0 Å². The lowest BCUT2D eigenvalue weighted by Gasteiger charge is -2.26. The Labute approximate surface area is 163 Å². The fourth-order valence-corrected chi connectivity index (χ4v) is 4.14. The predicted molar refractivity (Wildman–Crippen MR) is 110 cm³/mol. The molecule has 2 aromatic heterocycles. The highest BCUT2D eigenvalue weighted by molar-refractivity contribution is 7.13. The van der Waals surface area contributed by atoms with Crippen LogP contribution in [-0.2, 0) is 0 Å². The van der Waals surface area contributed by atoms with Gasteiger partial charge in [0.15, 0.2) is 0 Å². The van der Waals surface area contributed by atoms with E-state index in [2.05, 4.69) is 10.2 Å². The van der Waals surface area contributed by atoms with Gasteiger partial charge < -0.3 is 10.2 Å². The lowest BCUT2D eigenvalue weighted by molar-refractivity contribution is 0.0939. The van der Waals surface area contributed by atoms with E-state index in [9.17, 15) is 4.79 Å². The average molecular weight is 381 g/mol.